The van der Waals surface area contributed by atoms with Gasteiger partial charge in [-0.1, -0.05) is 26.0 Å². The molecule has 0 amide bonds. The highest BCUT2D eigenvalue weighted by Gasteiger charge is 2.24. The number of nitrogens with zero attached hydrogens (tertiary/aromatic N) is 2. The third-order valence-electron chi connectivity index (χ3n) is 4.87. The maximum absolute atomic E-state index is 3.73. The Hall–Kier alpha value is -1.06. The van der Waals surface area contributed by atoms with Crippen LogP contribution in [-0.2, 0) is 12.8 Å². The number of benzene rings is 1. The molecule has 1 atom stereocenters. The van der Waals surface area contributed by atoms with Crippen molar-refractivity contribution in [2.75, 3.05) is 38.1 Å². The van der Waals surface area contributed by atoms with Gasteiger partial charge in [-0.25, -0.2) is 0 Å². The molecule has 1 aromatic carbocycles. The molecule has 0 bridgehead atoms. The van der Waals surface area contributed by atoms with Crippen LogP contribution in [0, 0.1) is 0 Å². The van der Waals surface area contributed by atoms with Crippen molar-refractivity contribution < 1.29 is 0 Å². The summed E-state index contributed by atoms with van der Waals surface area (Å²) in [5, 5.41) is 3.73. The standard InChI is InChI=1S/C18H29N3/c1-14(2)19-16-8-7-15-5-4-6-18(17(15)13-16)21-11-9-20(3)10-12-21/h4-6,14,16,19H,7-13H2,1-3H3. The van der Waals surface area contributed by atoms with E-state index in [0.29, 0.717) is 12.1 Å². The van der Waals surface area contributed by atoms with Crippen molar-refractivity contribution in [3.63, 3.8) is 0 Å². The molecular formula is C18H29N3. The summed E-state index contributed by atoms with van der Waals surface area (Å²) in [4.78, 5) is 5.02. The van der Waals surface area contributed by atoms with E-state index < -0.39 is 0 Å². The van der Waals surface area contributed by atoms with Crippen molar-refractivity contribution >= 4 is 5.69 Å². The molecule has 1 aliphatic heterocycles. The molecule has 0 radical (unpaired) electrons. The van der Waals surface area contributed by atoms with E-state index in [2.05, 4.69) is 54.2 Å². The normalized spacial score (nSPS) is 23.4. The van der Waals surface area contributed by atoms with Gasteiger partial charge in [0.25, 0.3) is 0 Å². The Labute approximate surface area is 129 Å². The Balaban J connectivity index is 1.80. The van der Waals surface area contributed by atoms with E-state index in [1.165, 1.54) is 38.0 Å². The Morgan fingerprint density at radius 2 is 1.90 bits per heavy atom. The van der Waals surface area contributed by atoms with E-state index in [-0.39, 0.29) is 0 Å². The van der Waals surface area contributed by atoms with Crippen LogP contribution in [0.25, 0.3) is 0 Å². The number of nitrogens with one attached hydrogen (secondary N) is 1. The minimum atomic E-state index is 0.576. The lowest BCUT2D eigenvalue weighted by molar-refractivity contribution is 0.312. The van der Waals surface area contributed by atoms with Crippen LogP contribution in [0.3, 0.4) is 0 Å². The zero-order chi connectivity index (χ0) is 14.8. The molecule has 0 aromatic heterocycles. The minimum absolute atomic E-state index is 0.576. The highest BCUT2D eigenvalue weighted by Crippen LogP contribution is 2.31. The van der Waals surface area contributed by atoms with E-state index >= 15 is 0 Å². The van der Waals surface area contributed by atoms with Crippen molar-refractivity contribution in [2.45, 2.75) is 45.2 Å². The zero-order valence-electron chi connectivity index (χ0n) is 13.7. The third-order valence-corrected chi connectivity index (χ3v) is 4.87. The molecule has 1 aliphatic carbocycles. The van der Waals surface area contributed by atoms with E-state index in [1.54, 1.807) is 11.1 Å². The number of hydrogen-bond acceptors (Lipinski definition) is 3. The van der Waals surface area contributed by atoms with Crippen molar-refractivity contribution in [2.24, 2.45) is 0 Å². The molecule has 3 rings (SSSR count). The molecule has 0 spiro atoms. The van der Waals surface area contributed by atoms with Crippen molar-refractivity contribution in [1.29, 1.82) is 0 Å². The summed E-state index contributed by atoms with van der Waals surface area (Å²) in [6, 6.07) is 8.14. The molecule has 116 valence electrons. The van der Waals surface area contributed by atoms with E-state index in [1.807, 2.05) is 0 Å². The van der Waals surface area contributed by atoms with Crippen LogP contribution in [0.5, 0.6) is 0 Å². The third kappa shape index (κ3) is 3.41. The van der Waals surface area contributed by atoms with Crippen LogP contribution in [0.1, 0.15) is 31.4 Å². The van der Waals surface area contributed by atoms with Gasteiger partial charge in [0.1, 0.15) is 0 Å². The van der Waals surface area contributed by atoms with Gasteiger partial charge in [-0.15, -0.1) is 0 Å². The zero-order valence-corrected chi connectivity index (χ0v) is 13.7. The average Bonchev–Trinajstić information content (AvgIpc) is 2.47. The molecule has 1 fully saturated rings. The SMILES string of the molecule is CC(C)NC1CCc2cccc(N3CCN(C)CC3)c2C1. The molecule has 3 heteroatoms. The largest absolute Gasteiger partial charge is 0.369 e. The Bertz CT molecular complexity index is 475. The number of likely N-dealkylation sites (N-methyl/N-ethyl adjacent to an activating group) is 1. The van der Waals surface area contributed by atoms with Crippen molar-refractivity contribution in [3.8, 4) is 0 Å². The maximum atomic E-state index is 3.73. The van der Waals surface area contributed by atoms with Gasteiger partial charge in [-0.2, -0.15) is 0 Å². The number of anilines is 1. The molecule has 1 saturated heterocycles. The second-order valence-corrected chi connectivity index (χ2v) is 6.97. The summed E-state index contributed by atoms with van der Waals surface area (Å²) >= 11 is 0. The quantitative estimate of drug-likeness (QED) is 0.920. The molecule has 1 aromatic rings. The molecule has 1 unspecified atom stereocenters. The Morgan fingerprint density at radius 1 is 1.14 bits per heavy atom. The van der Waals surface area contributed by atoms with Crippen LogP contribution in [0.2, 0.25) is 0 Å². The first-order chi connectivity index (χ1) is 10.1. The van der Waals surface area contributed by atoms with E-state index in [9.17, 15) is 0 Å². The summed E-state index contributed by atoms with van der Waals surface area (Å²) in [7, 11) is 2.22. The molecule has 1 heterocycles. The number of fused-ring (bicyclic) bond motifs is 1. The van der Waals surface area contributed by atoms with Gasteiger partial charge < -0.3 is 15.1 Å². The van der Waals surface area contributed by atoms with Crippen molar-refractivity contribution in [1.82, 2.24) is 10.2 Å². The number of rotatable bonds is 3. The van der Waals surface area contributed by atoms with Gasteiger partial charge in [-0.05, 0) is 43.5 Å². The number of hydrogen-bond donors (Lipinski definition) is 1. The molecule has 21 heavy (non-hydrogen) atoms. The fourth-order valence-corrected chi connectivity index (χ4v) is 3.73. The predicted octanol–water partition coefficient (Wildman–Crippen LogP) is 2.29. The fourth-order valence-electron chi connectivity index (χ4n) is 3.73. The molecule has 0 saturated carbocycles. The Morgan fingerprint density at radius 3 is 2.62 bits per heavy atom. The summed E-state index contributed by atoms with van der Waals surface area (Å²) in [5.74, 6) is 0. The maximum Gasteiger partial charge on any atom is 0.0403 e. The minimum Gasteiger partial charge on any atom is -0.369 e. The van der Waals surface area contributed by atoms with E-state index in [0.717, 1.165) is 13.1 Å². The predicted molar refractivity (Wildman–Crippen MR) is 90.2 cm³/mol. The molecular weight excluding hydrogens is 258 g/mol. The summed E-state index contributed by atoms with van der Waals surface area (Å²) in [5.41, 5.74) is 4.68. The first kappa shape index (κ1) is 14.9. The van der Waals surface area contributed by atoms with Gasteiger partial charge in [0.05, 0.1) is 0 Å². The highest BCUT2D eigenvalue weighted by atomic mass is 15.2. The topological polar surface area (TPSA) is 18.5 Å². The van der Waals surface area contributed by atoms with Crippen LogP contribution in [0.15, 0.2) is 18.2 Å². The van der Waals surface area contributed by atoms with Crippen LogP contribution < -0.4 is 10.2 Å². The van der Waals surface area contributed by atoms with E-state index in [4.69, 9.17) is 0 Å². The molecule has 1 N–H and O–H groups in total. The molecule has 3 nitrogen and oxygen atoms in total. The summed E-state index contributed by atoms with van der Waals surface area (Å²) < 4.78 is 0. The highest BCUT2D eigenvalue weighted by molar-refractivity contribution is 5.58. The lowest BCUT2D eigenvalue weighted by atomic mass is 9.86. The second-order valence-electron chi connectivity index (χ2n) is 6.97. The van der Waals surface area contributed by atoms with Gasteiger partial charge in [0.15, 0.2) is 0 Å². The summed E-state index contributed by atoms with van der Waals surface area (Å²) in [6.07, 6.45) is 3.69. The van der Waals surface area contributed by atoms with Gasteiger partial charge in [0.2, 0.25) is 0 Å². The lowest BCUT2D eigenvalue weighted by Gasteiger charge is -2.37. The first-order valence-corrected chi connectivity index (χ1v) is 8.44. The van der Waals surface area contributed by atoms with Crippen LogP contribution >= 0.6 is 0 Å². The lowest BCUT2D eigenvalue weighted by Crippen LogP contribution is -2.45. The van der Waals surface area contributed by atoms with Gasteiger partial charge >= 0.3 is 0 Å². The van der Waals surface area contributed by atoms with Gasteiger partial charge in [-0.3, -0.25) is 0 Å². The van der Waals surface area contributed by atoms with Gasteiger partial charge in [0, 0.05) is 44.0 Å². The average molecular weight is 287 g/mol. The second kappa shape index (κ2) is 6.37. The monoisotopic (exact) mass is 287 g/mol. The fraction of sp³-hybridized carbons (Fsp3) is 0.667. The summed E-state index contributed by atoms with van der Waals surface area (Å²) in [6.45, 7) is 9.18. The van der Waals surface area contributed by atoms with Crippen LogP contribution in [0.4, 0.5) is 5.69 Å². The number of aryl methyl sites for hydroxylation is 1. The Kier molecular flexibility index (Phi) is 4.51. The number of piperazine rings is 1. The molecule has 2 aliphatic rings. The first-order valence-electron chi connectivity index (χ1n) is 8.44. The smallest absolute Gasteiger partial charge is 0.0403 e. The van der Waals surface area contributed by atoms with Crippen molar-refractivity contribution in [3.05, 3.63) is 29.3 Å². The van der Waals surface area contributed by atoms with Crippen LogP contribution in [-0.4, -0.2) is 50.2 Å².